The molecular formula is C22H22ClN3OS. The standard InChI is InChI=1S/C22H22ClN3OS/c1-2-27-19-11-5-16(6-12-19)21-20-4-3-13-25(20)14-15-26(21)22(28)24-18-9-7-17(23)8-10-18/h3-13,21H,2,14-15H2,1H3,(H,24,28). The molecule has 3 aromatic rings. The Labute approximate surface area is 175 Å². The Morgan fingerprint density at radius 3 is 2.57 bits per heavy atom. The lowest BCUT2D eigenvalue weighted by molar-refractivity contribution is 0.293. The van der Waals surface area contributed by atoms with E-state index >= 15 is 0 Å². The number of fused-ring (bicyclic) bond motifs is 1. The number of thiocarbonyl (C=S) groups is 1. The molecule has 4 nitrogen and oxygen atoms in total. The summed E-state index contributed by atoms with van der Waals surface area (Å²) in [5.41, 5.74) is 3.35. The van der Waals surface area contributed by atoms with Gasteiger partial charge in [0.05, 0.1) is 12.6 Å². The van der Waals surface area contributed by atoms with Gasteiger partial charge in [-0.3, -0.25) is 0 Å². The summed E-state index contributed by atoms with van der Waals surface area (Å²) in [7, 11) is 0. The van der Waals surface area contributed by atoms with Gasteiger partial charge in [-0.25, -0.2) is 0 Å². The number of rotatable bonds is 4. The SMILES string of the molecule is CCOc1ccc(C2c3cccn3CCN2C(=S)Nc2ccc(Cl)cc2)cc1. The maximum atomic E-state index is 5.99. The monoisotopic (exact) mass is 411 g/mol. The molecule has 1 aromatic heterocycles. The first-order valence-electron chi connectivity index (χ1n) is 9.36. The van der Waals surface area contributed by atoms with E-state index in [-0.39, 0.29) is 6.04 Å². The van der Waals surface area contributed by atoms with Gasteiger partial charge in [0.15, 0.2) is 5.11 Å². The van der Waals surface area contributed by atoms with E-state index in [0.29, 0.717) is 16.7 Å². The van der Waals surface area contributed by atoms with Crippen LogP contribution in [0.1, 0.15) is 24.2 Å². The zero-order valence-electron chi connectivity index (χ0n) is 15.6. The van der Waals surface area contributed by atoms with Crippen LogP contribution in [0.5, 0.6) is 5.75 Å². The van der Waals surface area contributed by atoms with Gasteiger partial charge in [0, 0.05) is 35.7 Å². The van der Waals surface area contributed by atoms with Crippen molar-refractivity contribution in [1.82, 2.24) is 9.47 Å². The number of aromatic nitrogens is 1. The third-order valence-electron chi connectivity index (χ3n) is 4.90. The number of hydrogen-bond acceptors (Lipinski definition) is 2. The zero-order valence-corrected chi connectivity index (χ0v) is 17.2. The highest BCUT2D eigenvalue weighted by atomic mass is 35.5. The van der Waals surface area contributed by atoms with Crippen LogP contribution in [0.15, 0.2) is 66.9 Å². The van der Waals surface area contributed by atoms with Crippen molar-refractivity contribution in [3.05, 3.63) is 83.1 Å². The van der Waals surface area contributed by atoms with E-state index in [2.05, 4.69) is 45.2 Å². The minimum atomic E-state index is 0.0479. The zero-order chi connectivity index (χ0) is 19.5. The van der Waals surface area contributed by atoms with Crippen molar-refractivity contribution in [2.75, 3.05) is 18.5 Å². The van der Waals surface area contributed by atoms with Gasteiger partial charge in [-0.15, -0.1) is 0 Å². The van der Waals surface area contributed by atoms with Crippen LogP contribution in [0.2, 0.25) is 5.02 Å². The molecule has 4 rings (SSSR count). The van der Waals surface area contributed by atoms with E-state index in [1.807, 2.05) is 43.3 Å². The molecule has 1 unspecified atom stereocenters. The predicted octanol–water partition coefficient (Wildman–Crippen LogP) is 5.34. The van der Waals surface area contributed by atoms with E-state index in [9.17, 15) is 0 Å². The van der Waals surface area contributed by atoms with Crippen molar-refractivity contribution in [2.24, 2.45) is 0 Å². The fourth-order valence-electron chi connectivity index (χ4n) is 3.59. The van der Waals surface area contributed by atoms with Crippen LogP contribution >= 0.6 is 23.8 Å². The molecule has 0 saturated heterocycles. The lowest BCUT2D eigenvalue weighted by Gasteiger charge is -2.39. The molecule has 1 aliphatic heterocycles. The molecule has 28 heavy (non-hydrogen) atoms. The summed E-state index contributed by atoms with van der Waals surface area (Å²) < 4.78 is 7.89. The maximum Gasteiger partial charge on any atom is 0.174 e. The third kappa shape index (κ3) is 3.86. The minimum absolute atomic E-state index is 0.0479. The Morgan fingerprint density at radius 1 is 1.11 bits per heavy atom. The van der Waals surface area contributed by atoms with Crippen molar-refractivity contribution in [3.63, 3.8) is 0 Å². The maximum absolute atomic E-state index is 5.99. The van der Waals surface area contributed by atoms with Gasteiger partial charge in [-0.2, -0.15) is 0 Å². The van der Waals surface area contributed by atoms with E-state index < -0.39 is 0 Å². The van der Waals surface area contributed by atoms with E-state index in [4.69, 9.17) is 28.6 Å². The van der Waals surface area contributed by atoms with Crippen molar-refractivity contribution in [1.29, 1.82) is 0 Å². The van der Waals surface area contributed by atoms with Gasteiger partial charge in [0.25, 0.3) is 0 Å². The van der Waals surface area contributed by atoms with Crippen LogP contribution in [0.4, 0.5) is 5.69 Å². The average molecular weight is 412 g/mol. The van der Waals surface area contributed by atoms with Crippen LogP contribution in [-0.2, 0) is 6.54 Å². The number of ether oxygens (including phenoxy) is 1. The summed E-state index contributed by atoms with van der Waals surface area (Å²) in [5, 5.41) is 4.77. The quantitative estimate of drug-likeness (QED) is 0.586. The van der Waals surface area contributed by atoms with Gasteiger partial charge >= 0.3 is 0 Å². The molecule has 6 heteroatoms. The summed E-state index contributed by atoms with van der Waals surface area (Å²) in [5.74, 6) is 0.880. The first kappa shape index (κ1) is 18.8. The van der Waals surface area contributed by atoms with Gasteiger partial charge in [0.2, 0.25) is 0 Å². The fraction of sp³-hybridized carbons (Fsp3) is 0.227. The summed E-state index contributed by atoms with van der Waals surface area (Å²) in [6, 6.07) is 20.2. The number of hydrogen-bond donors (Lipinski definition) is 1. The van der Waals surface area contributed by atoms with Crippen LogP contribution in [-0.4, -0.2) is 27.7 Å². The Morgan fingerprint density at radius 2 is 1.86 bits per heavy atom. The molecule has 1 atom stereocenters. The molecular weight excluding hydrogens is 390 g/mol. The Hall–Kier alpha value is -2.50. The van der Waals surface area contributed by atoms with Crippen molar-refractivity contribution >= 4 is 34.6 Å². The lowest BCUT2D eigenvalue weighted by Crippen LogP contribution is -2.44. The first-order chi connectivity index (χ1) is 13.7. The van der Waals surface area contributed by atoms with Gasteiger partial charge in [-0.05, 0) is 73.2 Å². The molecule has 0 spiro atoms. The highest BCUT2D eigenvalue weighted by Crippen LogP contribution is 2.34. The van der Waals surface area contributed by atoms with Crippen LogP contribution in [0.25, 0.3) is 0 Å². The van der Waals surface area contributed by atoms with E-state index in [1.54, 1.807) is 0 Å². The molecule has 0 bridgehead atoms. The fourth-order valence-corrected chi connectivity index (χ4v) is 4.03. The van der Waals surface area contributed by atoms with Gasteiger partial charge in [-0.1, -0.05) is 23.7 Å². The Balaban J connectivity index is 1.63. The highest BCUT2D eigenvalue weighted by molar-refractivity contribution is 7.80. The molecule has 2 heterocycles. The second kappa shape index (κ2) is 8.25. The number of halogens is 1. The van der Waals surface area contributed by atoms with E-state index in [0.717, 1.165) is 24.5 Å². The second-order valence-corrected chi connectivity index (χ2v) is 7.48. The summed E-state index contributed by atoms with van der Waals surface area (Å²) in [6.45, 7) is 4.38. The molecule has 0 amide bonds. The molecule has 0 fully saturated rings. The molecule has 0 saturated carbocycles. The molecule has 1 aliphatic rings. The van der Waals surface area contributed by atoms with Crippen LogP contribution in [0, 0.1) is 0 Å². The van der Waals surface area contributed by atoms with E-state index in [1.165, 1.54) is 11.3 Å². The molecule has 0 radical (unpaired) electrons. The number of anilines is 1. The second-order valence-electron chi connectivity index (χ2n) is 6.66. The molecule has 144 valence electrons. The third-order valence-corrected chi connectivity index (χ3v) is 5.49. The number of nitrogens with zero attached hydrogens (tertiary/aromatic N) is 2. The topological polar surface area (TPSA) is 29.4 Å². The summed E-state index contributed by atoms with van der Waals surface area (Å²) >= 11 is 11.8. The number of benzene rings is 2. The smallest absolute Gasteiger partial charge is 0.174 e. The molecule has 2 aromatic carbocycles. The Bertz CT molecular complexity index is 953. The lowest BCUT2D eigenvalue weighted by atomic mass is 10.00. The molecule has 1 N–H and O–H groups in total. The average Bonchev–Trinajstić information content (AvgIpc) is 3.19. The van der Waals surface area contributed by atoms with Crippen LogP contribution < -0.4 is 10.1 Å². The van der Waals surface area contributed by atoms with Crippen molar-refractivity contribution in [2.45, 2.75) is 19.5 Å². The van der Waals surface area contributed by atoms with Crippen LogP contribution in [0.3, 0.4) is 0 Å². The highest BCUT2D eigenvalue weighted by Gasteiger charge is 2.30. The largest absolute Gasteiger partial charge is 0.494 e. The molecule has 0 aliphatic carbocycles. The predicted molar refractivity (Wildman–Crippen MR) is 118 cm³/mol. The minimum Gasteiger partial charge on any atom is -0.494 e. The van der Waals surface area contributed by atoms with Crippen molar-refractivity contribution in [3.8, 4) is 5.75 Å². The normalized spacial score (nSPS) is 15.8. The summed E-state index contributed by atoms with van der Waals surface area (Å²) in [6.07, 6.45) is 2.13. The van der Waals surface area contributed by atoms with Gasteiger partial charge < -0.3 is 19.5 Å². The van der Waals surface area contributed by atoms with Gasteiger partial charge in [0.1, 0.15) is 5.75 Å². The first-order valence-corrected chi connectivity index (χ1v) is 10.2. The number of nitrogens with one attached hydrogen (secondary N) is 1. The summed E-state index contributed by atoms with van der Waals surface area (Å²) in [4.78, 5) is 2.24. The Kier molecular flexibility index (Phi) is 5.55. The van der Waals surface area contributed by atoms with Crippen molar-refractivity contribution < 1.29 is 4.74 Å².